The SMILES string of the molecule is O=C1NCc2ccc(C(=O)NCCCn3ccnc3)cc2N1. The van der Waals surface area contributed by atoms with Crippen LogP contribution in [0.15, 0.2) is 36.9 Å². The second kappa shape index (κ2) is 6.30. The van der Waals surface area contributed by atoms with Crippen molar-refractivity contribution in [1.82, 2.24) is 20.2 Å². The summed E-state index contributed by atoms with van der Waals surface area (Å²) in [5.41, 5.74) is 2.20. The summed E-state index contributed by atoms with van der Waals surface area (Å²) in [6, 6.07) is 5.08. The molecule has 1 aliphatic heterocycles. The number of nitrogens with zero attached hydrogens (tertiary/aromatic N) is 2. The summed E-state index contributed by atoms with van der Waals surface area (Å²) in [6.07, 6.45) is 6.20. The molecule has 0 saturated heterocycles. The van der Waals surface area contributed by atoms with E-state index in [9.17, 15) is 9.59 Å². The summed E-state index contributed by atoms with van der Waals surface area (Å²) in [6.45, 7) is 1.88. The highest BCUT2D eigenvalue weighted by molar-refractivity contribution is 5.98. The summed E-state index contributed by atoms with van der Waals surface area (Å²) < 4.78 is 1.97. The van der Waals surface area contributed by atoms with E-state index in [1.165, 1.54) is 0 Å². The summed E-state index contributed by atoms with van der Waals surface area (Å²) in [5.74, 6) is -0.138. The van der Waals surface area contributed by atoms with Gasteiger partial charge in [-0.15, -0.1) is 0 Å². The summed E-state index contributed by atoms with van der Waals surface area (Å²) in [4.78, 5) is 27.4. The maximum Gasteiger partial charge on any atom is 0.319 e. The van der Waals surface area contributed by atoms with Crippen LogP contribution in [0.5, 0.6) is 0 Å². The predicted molar refractivity (Wildman–Crippen MR) is 81.5 cm³/mol. The van der Waals surface area contributed by atoms with Crippen molar-refractivity contribution in [3.8, 4) is 0 Å². The molecule has 0 radical (unpaired) electrons. The van der Waals surface area contributed by atoms with Gasteiger partial charge < -0.3 is 20.5 Å². The molecule has 0 fully saturated rings. The lowest BCUT2D eigenvalue weighted by Gasteiger charge is -2.18. The first-order valence-corrected chi connectivity index (χ1v) is 7.14. The van der Waals surface area contributed by atoms with E-state index in [0.29, 0.717) is 24.3 Å². The fourth-order valence-electron chi connectivity index (χ4n) is 2.31. The van der Waals surface area contributed by atoms with Gasteiger partial charge >= 0.3 is 6.03 Å². The second-order valence-electron chi connectivity index (χ2n) is 5.09. The Morgan fingerprint density at radius 1 is 1.41 bits per heavy atom. The van der Waals surface area contributed by atoms with Gasteiger partial charge in [-0.3, -0.25) is 4.79 Å². The van der Waals surface area contributed by atoms with Crippen molar-refractivity contribution in [2.75, 3.05) is 11.9 Å². The van der Waals surface area contributed by atoms with E-state index < -0.39 is 0 Å². The molecular weight excluding hydrogens is 282 g/mol. The van der Waals surface area contributed by atoms with Gasteiger partial charge in [0.15, 0.2) is 0 Å². The Bertz CT molecular complexity index is 681. The van der Waals surface area contributed by atoms with E-state index in [1.807, 2.05) is 16.8 Å². The molecule has 0 atom stereocenters. The van der Waals surface area contributed by atoms with Crippen molar-refractivity contribution >= 4 is 17.6 Å². The molecule has 1 aromatic heterocycles. The van der Waals surface area contributed by atoms with Crippen LogP contribution in [0.2, 0.25) is 0 Å². The van der Waals surface area contributed by atoms with Crippen molar-refractivity contribution in [2.45, 2.75) is 19.5 Å². The Balaban J connectivity index is 1.53. The first kappa shape index (κ1) is 14.1. The number of hydrogen-bond acceptors (Lipinski definition) is 3. The molecule has 0 saturated carbocycles. The standard InChI is InChI=1S/C15H17N5O2/c21-14(17-4-1-6-20-7-5-16-10-20)11-2-3-12-9-18-15(22)19-13(12)8-11/h2-3,5,7-8,10H,1,4,6,9H2,(H,17,21)(H2,18,19,22). The zero-order chi connectivity index (χ0) is 15.4. The quantitative estimate of drug-likeness (QED) is 0.728. The minimum Gasteiger partial charge on any atom is -0.352 e. The number of carbonyl (C=O) groups is 2. The molecule has 3 rings (SSSR count). The van der Waals surface area contributed by atoms with Crippen molar-refractivity contribution in [3.05, 3.63) is 48.0 Å². The minimum absolute atomic E-state index is 0.138. The normalized spacial score (nSPS) is 13.0. The number of anilines is 1. The van der Waals surface area contributed by atoms with Crippen LogP contribution in [0.25, 0.3) is 0 Å². The number of amides is 3. The van der Waals surface area contributed by atoms with Gasteiger partial charge in [0.25, 0.3) is 5.91 Å². The molecule has 2 heterocycles. The van der Waals surface area contributed by atoms with E-state index in [1.54, 1.807) is 24.7 Å². The van der Waals surface area contributed by atoms with Gasteiger partial charge in [-0.1, -0.05) is 6.07 Å². The molecule has 0 unspecified atom stereocenters. The maximum atomic E-state index is 12.1. The molecule has 22 heavy (non-hydrogen) atoms. The highest BCUT2D eigenvalue weighted by Gasteiger charge is 2.15. The summed E-state index contributed by atoms with van der Waals surface area (Å²) in [5, 5.41) is 8.26. The van der Waals surface area contributed by atoms with Crippen molar-refractivity contribution in [2.24, 2.45) is 0 Å². The molecule has 3 amide bonds. The molecule has 7 heteroatoms. The zero-order valence-electron chi connectivity index (χ0n) is 12.0. The average Bonchev–Trinajstić information content (AvgIpc) is 3.04. The number of rotatable bonds is 5. The fourth-order valence-corrected chi connectivity index (χ4v) is 2.31. The number of carbonyl (C=O) groups excluding carboxylic acids is 2. The Morgan fingerprint density at radius 2 is 2.32 bits per heavy atom. The molecule has 7 nitrogen and oxygen atoms in total. The number of aryl methyl sites for hydroxylation is 1. The molecule has 0 bridgehead atoms. The number of nitrogens with one attached hydrogen (secondary N) is 3. The number of aromatic nitrogens is 2. The molecule has 1 aliphatic rings. The largest absolute Gasteiger partial charge is 0.352 e. The van der Waals surface area contributed by atoms with E-state index in [4.69, 9.17) is 0 Å². The van der Waals surface area contributed by atoms with Crippen molar-refractivity contribution < 1.29 is 9.59 Å². The zero-order valence-corrected chi connectivity index (χ0v) is 12.0. The van der Waals surface area contributed by atoms with Gasteiger partial charge in [-0.2, -0.15) is 0 Å². The van der Waals surface area contributed by atoms with E-state index in [-0.39, 0.29) is 11.9 Å². The topological polar surface area (TPSA) is 88.1 Å². The third-order valence-electron chi connectivity index (χ3n) is 3.50. The first-order valence-electron chi connectivity index (χ1n) is 7.14. The monoisotopic (exact) mass is 299 g/mol. The van der Waals surface area contributed by atoms with Gasteiger partial charge in [0.1, 0.15) is 0 Å². The molecule has 3 N–H and O–H groups in total. The molecule has 0 aliphatic carbocycles. The lowest BCUT2D eigenvalue weighted by Crippen LogP contribution is -2.33. The molecule has 114 valence electrons. The van der Waals surface area contributed by atoms with Crippen molar-refractivity contribution in [1.29, 1.82) is 0 Å². The van der Waals surface area contributed by atoms with E-state index >= 15 is 0 Å². The number of fused-ring (bicyclic) bond motifs is 1. The Morgan fingerprint density at radius 3 is 3.14 bits per heavy atom. The van der Waals surface area contributed by atoms with Crippen LogP contribution < -0.4 is 16.0 Å². The molecule has 1 aromatic carbocycles. The Hall–Kier alpha value is -2.83. The van der Waals surface area contributed by atoms with E-state index in [0.717, 1.165) is 18.5 Å². The number of benzene rings is 1. The van der Waals surface area contributed by atoms with E-state index in [2.05, 4.69) is 20.9 Å². The smallest absolute Gasteiger partial charge is 0.319 e. The lowest BCUT2D eigenvalue weighted by atomic mass is 10.1. The average molecular weight is 299 g/mol. The van der Waals surface area contributed by atoms with Crippen LogP contribution in [0.3, 0.4) is 0 Å². The van der Waals surface area contributed by atoms with Gasteiger partial charge in [0, 0.05) is 43.3 Å². The van der Waals surface area contributed by atoms with Crippen LogP contribution in [0.1, 0.15) is 22.3 Å². The second-order valence-corrected chi connectivity index (χ2v) is 5.09. The van der Waals surface area contributed by atoms with Crippen molar-refractivity contribution in [3.63, 3.8) is 0 Å². The summed E-state index contributed by atoms with van der Waals surface area (Å²) >= 11 is 0. The van der Waals surface area contributed by atoms with Crippen LogP contribution in [0, 0.1) is 0 Å². The maximum absolute atomic E-state index is 12.1. The first-order chi connectivity index (χ1) is 10.7. The number of urea groups is 1. The van der Waals surface area contributed by atoms with Crippen LogP contribution in [-0.4, -0.2) is 28.0 Å². The van der Waals surface area contributed by atoms with Crippen LogP contribution in [-0.2, 0) is 13.1 Å². The third-order valence-corrected chi connectivity index (χ3v) is 3.50. The Kier molecular flexibility index (Phi) is 4.04. The number of hydrogen-bond donors (Lipinski definition) is 3. The van der Waals surface area contributed by atoms with Gasteiger partial charge in [-0.25, -0.2) is 9.78 Å². The van der Waals surface area contributed by atoms with Gasteiger partial charge in [-0.05, 0) is 24.1 Å². The fraction of sp³-hybridized carbons (Fsp3) is 0.267. The highest BCUT2D eigenvalue weighted by Crippen LogP contribution is 2.20. The van der Waals surface area contributed by atoms with Gasteiger partial charge in [0.05, 0.1) is 6.33 Å². The van der Waals surface area contributed by atoms with Gasteiger partial charge in [0.2, 0.25) is 0 Å². The highest BCUT2D eigenvalue weighted by atomic mass is 16.2. The summed E-state index contributed by atoms with van der Waals surface area (Å²) in [7, 11) is 0. The molecule has 2 aromatic rings. The third kappa shape index (κ3) is 3.25. The lowest BCUT2D eigenvalue weighted by molar-refractivity contribution is 0.0952. The molecule has 0 spiro atoms. The van der Waals surface area contributed by atoms with Crippen LogP contribution >= 0.6 is 0 Å². The number of imidazole rings is 1. The predicted octanol–water partition coefficient (Wildman–Crippen LogP) is 1.34. The van der Waals surface area contributed by atoms with Crippen LogP contribution in [0.4, 0.5) is 10.5 Å². The minimum atomic E-state index is -0.245. The molecular formula is C15H17N5O2. The Labute approximate surface area is 127 Å².